The molecular formula is C21H18N4O3. The van der Waals surface area contributed by atoms with E-state index in [-0.39, 0.29) is 17.5 Å². The van der Waals surface area contributed by atoms with E-state index in [2.05, 4.69) is 15.3 Å². The summed E-state index contributed by atoms with van der Waals surface area (Å²) < 4.78 is 7.13. The molecule has 0 saturated carbocycles. The highest BCUT2D eigenvalue weighted by molar-refractivity contribution is 5.94. The molecule has 3 aromatic rings. The van der Waals surface area contributed by atoms with Crippen LogP contribution in [0.4, 0.5) is 0 Å². The van der Waals surface area contributed by atoms with Crippen LogP contribution in [0.15, 0.2) is 53.6 Å². The van der Waals surface area contributed by atoms with Crippen LogP contribution >= 0.6 is 0 Å². The summed E-state index contributed by atoms with van der Waals surface area (Å²) in [5, 5.41) is 3.03. The monoisotopic (exact) mass is 374 g/mol. The number of hydrogen-bond acceptors (Lipinski definition) is 5. The molecule has 1 atom stereocenters. The fourth-order valence-electron chi connectivity index (χ4n) is 3.78. The van der Waals surface area contributed by atoms with Crippen LogP contribution in [0.3, 0.4) is 0 Å². The lowest BCUT2D eigenvalue weighted by Crippen LogP contribution is -2.29. The van der Waals surface area contributed by atoms with E-state index in [0.29, 0.717) is 36.7 Å². The molecule has 0 saturated heterocycles. The van der Waals surface area contributed by atoms with Gasteiger partial charge in [-0.1, -0.05) is 0 Å². The van der Waals surface area contributed by atoms with Gasteiger partial charge < -0.3 is 10.1 Å². The van der Waals surface area contributed by atoms with Gasteiger partial charge in [-0.2, -0.15) is 0 Å². The number of amides is 1. The molecular weight excluding hydrogens is 356 g/mol. The van der Waals surface area contributed by atoms with Gasteiger partial charge in [0.15, 0.2) is 0 Å². The molecule has 0 spiro atoms. The van der Waals surface area contributed by atoms with Crippen molar-refractivity contribution in [2.45, 2.75) is 25.4 Å². The van der Waals surface area contributed by atoms with E-state index in [9.17, 15) is 9.59 Å². The highest BCUT2D eigenvalue weighted by Gasteiger charge is 2.28. The second-order valence-corrected chi connectivity index (χ2v) is 6.96. The molecule has 7 nitrogen and oxygen atoms in total. The quantitative estimate of drug-likeness (QED) is 0.759. The lowest BCUT2D eigenvalue weighted by atomic mass is 10.1. The molecule has 7 heteroatoms. The number of benzene rings is 1. The largest absolute Gasteiger partial charge is 0.493 e. The molecule has 0 bridgehead atoms. The van der Waals surface area contributed by atoms with Crippen molar-refractivity contribution in [1.82, 2.24) is 19.9 Å². The Morgan fingerprint density at radius 3 is 2.89 bits per heavy atom. The second-order valence-electron chi connectivity index (χ2n) is 6.96. The lowest BCUT2D eigenvalue weighted by molar-refractivity contribution is 0.0936. The SMILES string of the molecule is O=C(NC1CCn2c1nc(-c1ccncc1)cc2=O)c1ccc2c(c1)CCO2. The molecule has 4 heterocycles. The number of fused-ring (bicyclic) bond motifs is 2. The molecule has 2 aliphatic rings. The average Bonchev–Trinajstić information content (AvgIpc) is 3.35. The first kappa shape index (κ1) is 16.7. The highest BCUT2D eigenvalue weighted by atomic mass is 16.5. The minimum absolute atomic E-state index is 0.108. The van der Waals surface area contributed by atoms with Crippen molar-refractivity contribution in [3.05, 3.63) is 76.1 Å². The van der Waals surface area contributed by atoms with E-state index in [4.69, 9.17) is 4.74 Å². The van der Waals surface area contributed by atoms with E-state index in [1.807, 2.05) is 24.3 Å². The van der Waals surface area contributed by atoms with Crippen LogP contribution in [0.5, 0.6) is 5.75 Å². The van der Waals surface area contributed by atoms with Crippen molar-refractivity contribution in [2.24, 2.45) is 0 Å². The Bertz CT molecular complexity index is 1120. The zero-order valence-electron chi connectivity index (χ0n) is 15.1. The Morgan fingerprint density at radius 1 is 1.18 bits per heavy atom. The Morgan fingerprint density at radius 2 is 2.04 bits per heavy atom. The Labute approximate surface area is 161 Å². The van der Waals surface area contributed by atoms with Crippen molar-refractivity contribution in [2.75, 3.05) is 6.61 Å². The van der Waals surface area contributed by atoms with Gasteiger partial charge in [0.1, 0.15) is 11.6 Å². The number of pyridine rings is 1. The van der Waals surface area contributed by atoms with Gasteiger partial charge in [0.05, 0.1) is 18.3 Å². The van der Waals surface area contributed by atoms with Gasteiger partial charge in [-0.25, -0.2) is 4.98 Å². The van der Waals surface area contributed by atoms with E-state index >= 15 is 0 Å². The Kier molecular flexibility index (Phi) is 3.93. The fraction of sp³-hybridized carbons (Fsp3) is 0.238. The van der Waals surface area contributed by atoms with Crippen molar-refractivity contribution in [3.63, 3.8) is 0 Å². The van der Waals surface area contributed by atoms with E-state index in [1.54, 1.807) is 23.0 Å². The van der Waals surface area contributed by atoms with E-state index in [1.165, 1.54) is 6.07 Å². The first-order valence-electron chi connectivity index (χ1n) is 9.28. The zero-order chi connectivity index (χ0) is 19.1. The highest BCUT2D eigenvalue weighted by Crippen LogP contribution is 2.28. The van der Waals surface area contributed by atoms with Gasteiger partial charge in [-0.15, -0.1) is 0 Å². The van der Waals surface area contributed by atoms with E-state index < -0.39 is 0 Å². The number of nitrogens with one attached hydrogen (secondary N) is 1. The van der Waals surface area contributed by atoms with Crippen LogP contribution in [0.2, 0.25) is 0 Å². The number of carbonyl (C=O) groups is 1. The first-order chi connectivity index (χ1) is 13.7. The van der Waals surface area contributed by atoms with Crippen LogP contribution in [-0.4, -0.2) is 27.0 Å². The summed E-state index contributed by atoms with van der Waals surface area (Å²) in [5.74, 6) is 1.27. The number of aromatic nitrogens is 3. The summed E-state index contributed by atoms with van der Waals surface area (Å²) in [6.07, 6.45) is 4.79. The molecule has 0 aliphatic carbocycles. The second kappa shape index (κ2) is 6.60. The van der Waals surface area contributed by atoms with Gasteiger partial charge >= 0.3 is 0 Å². The van der Waals surface area contributed by atoms with Crippen LogP contribution < -0.4 is 15.6 Å². The fourth-order valence-corrected chi connectivity index (χ4v) is 3.78. The predicted octanol–water partition coefficient (Wildman–Crippen LogP) is 2.12. The Hall–Kier alpha value is -3.48. The van der Waals surface area contributed by atoms with Gasteiger partial charge in [0.25, 0.3) is 11.5 Å². The van der Waals surface area contributed by atoms with Gasteiger partial charge in [-0.05, 0) is 42.3 Å². The maximum atomic E-state index is 12.8. The van der Waals surface area contributed by atoms with Crippen LogP contribution in [0.1, 0.15) is 34.2 Å². The maximum absolute atomic E-state index is 12.8. The van der Waals surface area contributed by atoms with E-state index in [0.717, 1.165) is 23.3 Å². The normalized spacial score (nSPS) is 16.9. The van der Waals surface area contributed by atoms with Crippen LogP contribution in [-0.2, 0) is 13.0 Å². The molecule has 1 N–H and O–H groups in total. The van der Waals surface area contributed by atoms with Crippen LogP contribution in [0.25, 0.3) is 11.3 Å². The number of rotatable bonds is 3. The molecule has 0 fully saturated rings. The number of ether oxygens (including phenoxy) is 1. The molecule has 28 heavy (non-hydrogen) atoms. The third-order valence-corrected chi connectivity index (χ3v) is 5.22. The molecule has 0 radical (unpaired) electrons. The predicted molar refractivity (Wildman–Crippen MR) is 102 cm³/mol. The van der Waals surface area contributed by atoms with Gasteiger partial charge in [-0.3, -0.25) is 19.1 Å². The number of hydrogen-bond donors (Lipinski definition) is 1. The molecule has 1 aromatic carbocycles. The molecule has 140 valence electrons. The number of nitrogens with zero attached hydrogens (tertiary/aromatic N) is 3. The summed E-state index contributed by atoms with van der Waals surface area (Å²) in [7, 11) is 0. The molecule has 5 rings (SSSR count). The van der Waals surface area contributed by atoms with Crippen LogP contribution in [0, 0.1) is 0 Å². The third kappa shape index (κ3) is 2.85. The molecule has 2 aliphatic heterocycles. The standard InChI is InChI=1S/C21H18N4O3/c26-19-12-17(13-3-7-22-8-4-13)23-20-16(5-9-25(19)20)24-21(27)15-1-2-18-14(11-15)6-10-28-18/h1-4,7-8,11-12,16H,5-6,9-10H2,(H,24,27). The summed E-state index contributed by atoms with van der Waals surface area (Å²) in [4.78, 5) is 34.0. The van der Waals surface area contributed by atoms with Gasteiger partial charge in [0, 0.05) is 42.6 Å². The summed E-state index contributed by atoms with van der Waals surface area (Å²) >= 11 is 0. The zero-order valence-corrected chi connectivity index (χ0v) is 15.1. The Balaban J connectivity index is 1.44. The summed E-state index contributed by atoms with van der Waals surface area (Å²) in [6.45, 7) is 1.20. The van der Waals surface area contributed by atoms with Crippen molar-refractivity contribution in [1.29, 1.82) is 0 Å². The van der Waals surface area contributed by atoms with Crippen molar-refractivity contribution in [3.8, 4) is 17.0 Å². The van der Waals surface area contributed by atoms with Crippen molar-refractivity contribution >= 4 is 5.91 Å². The number of carbonyl (C=O) groups excluding carboxylic acids is 1. The van der Waals surface area contributed by atoms with Crippen molar-refractivity contribution < 1.29 is 9.53 Å². The topological polar surface area (TPSA) is 86.1 Å². The third-order valence-electron chi connectivity index (χ3n) is 5.22. The summed E-state index contributed by atoms with van der Waals surface area (Å²) in [6, 6.07) is 10.3. The molecule has 1 amide bonds. The minimum Gasteiger partial charge on any atom is -0.493 e. The molecule has 1 unspecified atom stereocenters. The average molecular weight is 374 g/mol. The smallest absolute Gasteiger partial charge is 0.254 e. The summed E-state index contributed by atoms with van der Waals surface area (Å²) in [5.41, 5.74) is 2.95. The lowest BCUT2D eigenvalue weighted by Gasteiger charge is -2.14. The maximum Gasteiger partial charge on any atom is 0.254 e. The first-order valence-corrected chi connectivity index (χ1v) is 9.28. The minimum atomic E-state index is -0.300. The van der Waals surface area contributed by atoms with Gasteiger partial charge in [0.2, 0.25) is 0 Å². The molecule has 2 aromatic heterocycles.